The molecule has 0 aliphatic heterocycles. The van der Waals surface area contributed by atoms with E-state index in [0.717, 1.165) is 11.1 Å². The maximum absolute atomic E-state index is 12.7. The molecule has 3 aromatic rings. The number of thiazole rings is 2. The molecule has 0 saturated carbocycles. The molecule has 0 saturated heterocycles. The first-order valence-electron chi connectivity index (χ1n) is 8.05. The van der Waals surface area contributed by atoms with Crippen molar-refractivity contribution in [3.05, 3.63) is 58.5 Å². The van der Waals surface area contributed by atoms with Crippen LogP contribution in [-0.2, 0) is 16.0 Å². The van der Waals surface area contributed by atoms with Crippen LogP contribution >= 0.6 is 22.7 Å². The lowest BCUT2D eigenvalue weighted by Gasteiger charge is -2.16. The average Bonchev–Trinajstić information content (AvgIpc) is 3.30. The van der Waals surface area contributed by atoms with Gasteiger partial charge in [0.15, 0.2) is 10.3 Å². The third-order valence-electron chi connectivity index (χ3n) is 3.75. The second-order valence-corrected chi connectivity index (χ2v) is 7.59. The fraction of sp³-hybridized carbons (Fsp3) is 0.222. The molecule has 6 nitrogen and oxygen atoms in total. The molecule has 0 radical (unpaired) electrons. The highest BCUT2D eigenvalue weighted by molar-refractivity contribution is 7.14. The number of hydrogen-bond acceptors (Lipinski definition) is 6. The molecule has 0 unspecified atom stereocenters. The van der Waals surface area contributed by atoms with E-state index < -0.39 is 5.92 Å². The lowest BCUT2D eigenvalue weighted by atomic mass is 9.94. The van der Waals surface area contributed by atoms with Gasteiger partial charge >= 0.3 is 0 Å². The molecular formula is C18H18N4O2S2. The average molecular weight is 387 g/mol. The van der Waals surface area contributed by atoms with Crippen molar-refractivity contribution in [1.82, 2.24) is 9.97 Å². The van der Waals surface area contributed by atoms with Crippen LogP contribution in [0.3, 0.4) is 0 Å². The van der Waals surface area contributed by atoms with Gasteiger partial charge in [-0.3, -0.25) is 9.59 Å². The number of hydrogen-bond donors (Lipinski definition) is 2. The summed E-state index contributed by atoms with van der Waals surface area (Å²) >= 11 is 2.69. The minimum Gasteiger partial charge on any atom is -0.302 e. The Kier molecular flexibility index (Phi) is 6.08. The van der Waals surface area contributed by atoms with E-state index in [0.29, 0.717) is 16.7 Å². The molecule has 134 valence electrons. The van der Waals surface area contributed by atoms with E-state index in [-0.39, 0.29) is 18.2 Å². The Balaban J connectivity index is 1.70. The van der Waals surface area contributed by atoms with Crippen molar-refractivity contribution in [2.24, 2.45) is 5.92 Å². The molecule has 1 aromatic carbocycles. The predicted molar refractivity (Wildman–Crippen MR) is 104 cm³/mol. The molecule has 0 aliphatic rings. The predicted octanol–water partition coefficient (Wildman–Crippen LogP) is 3.73. The van der Waals surface area contributed by atoms with Gasteiger partial charge in [0.25, 0.3) is 0 Å². The van der Waals surface area contributed by atoms with Gasteiger partial charge in [0.05, 0.1) is 5.92 Å². The van der Waals surface area contributed by atoms with Crippen LogP contribution in [0.2, 0.25) is 0 Å². The van der Waals surface area contributed by atoms with Gasteiger partial charge in [-0.25, -0.2) is 9.97 Å². The molecule has 0 bridgehead atoms. The number of nitrogens with zero attached hydrogens (tertiary/aromatic N) is 2. The Morgan fingerprint density at radius 2 is 1.62 bits per heavy atom. The molecule has 2 N–H and O–H groups in total. The lowest BCUT2D eigenvalue weighted by molar-refractivity contribution is -0.124. The molecular weight excluding hydrogens is 368 g/mol. The highest BCUT2D eigenvalue weighted by atomic mass is 32.1. The summed E-state index contributed by atoms with van der Waals surface area (Å²) in [5.74, 6) is -0.942. The molecule has 8 heteroatoms. The van der Waals surface area contributed by atoms with E-state index in [2.05, 4.69) is 20.6 Å². The molecule has 3 rings (SSSR count). The summed E-state index contributed by atoms with van der Waals surface area (Å²) < 4.78 is 0. The maximum atomic E-state index is 12.7. The molecule has 0 spiro atoms. The fourth-order valence-corrected chi connectivity index (χ4v) is 3.52. The third kappa shape index (κ3) is 5.21. The Labute approximate surface area is 159 Å². The molecule has 0 aliphatic carbocycles. The van der Waals surface area contributed by atoms with Crippen LogP contribution in [0.25, 0.3) is 0 Å². The van der Waals surface area contributed by atoms with E-state index >= 15 is 0 Å². The second kappa shape index (κ2) is 8.68. The molecule has 26 heavy (non-hydrogen) atoms. The Morgan fingerprint density at radius 3 is 2.19 bits per heavy atom. The van der Waals surface area contributed by atoms with Crippen LogP contribution in [0.4, 0.5) is 10.3 Å². The number of aromatic nitrogens is 2. The molecule has 0 fully saturated rings. The minimum absolute atomic E-state index is 0.0741. The van der Waals surface area contributed by atoms with Crippen molar-refractivity contribution in [2.45, 2.75) is 19.8 Å². The van der Waals surface area contributed by atoms with Crippen LogP contribution in [0.5, 0.6) is 0 Å². The lowest BCUT2D eigenvalue weighted by Crippen LogP contribution is -2.29. The summed E-state index contributed by atoms with van der Waals surface area (Å²) in [4.78, 5) is 33.1. The Bertz CT molecular complexity index is 846. The van der Waals surface area contributed by atoms with Gasteiger partial charge in [-0.05, 0) is 18.9 Å². The number of benzene rings is 1. The first-order chi connectivity index (χ1) is 12.6. The summed E-state index contributed by atoms with van der Waals surface area (Å²) in [6.07, 6.45) is 3.80. The van der Waals surface area contributed by atoms with Crippen molar-refractivity contribution < 1.29 is 9.59 Å². The van der Waals surface area contributed by atoms with Gasteiger partial charge in [0, 0.05) is 29.6 Å². The highest BCUT2D eigenvalue weighted by Gasteiger charge is 2.23. The summed E-state index contributed by atoms with van der Waals surface area (Å²) in [5, 5.41) is 10.2. The van der Waals surface area contributed by atoms with Gasteiger partial charge in [-0.15, -0.1) is 22.7 Å². The number of amides is 2. The third-order valence-corrected chi connectivity index (χ3v) is 5.12. The normalized spacial score (nSPS) is 11.7. The smallest absolute Gasteiger partial charge is 0.230 e. The molecule has 2 amide bonds. The molecule has 2 heterocycles. The van der Waals surface area contributed by atoms with Crippen molar-refractivity contribution in [3.8, 4) is 0 Å². The number of aryl methyl sites for hydroxylation is 1. The molecule has 1 atom stereocenters. The quantitative estimate of drug-likeness (QED) is 0.648. The number of rotatable bonds is 7. The molecule has 2 aromatic heterocycles. The second-order valence-electron chi connectivity index (χ2n) is 5.80. The van der Waals surface area contributed by atoms with Crippen molar-refractivity contribution in [1.29, 1.82) is 0 Å². The highest BCUT2D eigenvalue weighted by Crippen LogP contribution is 2.19. The maximum Gasteiger partial charge on any atom is 0.230 e. The van der Waals surface area contributed by atoms with Crippen molar-refractivity contribution in [3.63, 3.8) is 0 Å². The van der Waals surface area contributed by atoms with Crippen LogP contribution < -0.4 is 10.6 Å². The van der Waals surface area contributed by atoms with E-state index in [1.807, 2.05) is 31.2 Å². The summed E-state index contributed by atoms with van der Waals surface area (Å²) in [7, 11) is 0. The van der Waals surface area contributed by atoms with Gasteiger partial charge < -0.3 is 10.6 Å². The minimum atomic E-state index is -0.499. The van der Waals surface area contributed by atoms with Crippen LogP contribution in [-0.4, -0.2) is 21.8 Å². The van der Waals surface area contributed by atoms with Crippen molar-refractivity contribution >= 4 is 44.8 Å². The fourth-order valence-electron chi connectivity index (χ4n) is 2.44. The van der Waals surface area contributed by atoms with E-state index in [9.17, 15) is 9.59 Å². The van der Waals surface area contributed by atoms with Crippen LogP contribution in [0, 0.1) is 12.8 Å². The van der Waals surface area contributed by atoms with E-state index in [1.165, 1.54) is 22.7 Å². The zero-order valence-corrected chi connectivity index (χ0v) is 15.8. The van der Waals surface area contributed by atoms with Gasteiger partial charge in [-0.1, -0.05) is 29.8 Å². The van der Waals surface area contributed by atoms with Gasteiger partial charge in [0.2, 0.25) is 11.8 Å². The van der Waals surface area contributed by atoms with Crippen LogP contribution in [0.15, 0.2) is 47.4 Å². The topological polar surface area (TPSA) is 84.0 Å². The van der Waals surface area contributed by atoms with Crippen molar-refractivity contribution in [2.75, 3.05) is 10.6 Å². The number of carbonyl (C=O) groups excluding carboxylic acids is 2. The zero-order chi connectivity index (χ0) is 18.4. The summed E-state index contributed by atoms with van der Waals surface area (Å²) in [6.45, 7) is 2.01. The monoisotopic (exact) mass is 386 g/mol. The van der Waals surface area contributed by atoms with Gasteiger partial charge in [0.1, 0.15) is 0 Å². The van der Waals surface area contributed by atoms with Gasteiger partial charge in [-0.2, -0.15) is 0 Å². The van der Waals surface area contributed by atoms with E-state index in [1.54, 1.807) is 23.2 Å². The van der Waals surface area contributed by atoms with Crippen LogP contribution in [0.1, 0.15) is 17.5 Å². The Morgan fingerprint density at radius 1 is 1.00 bits per heavy atom. The number of carbonyl (C=O) groups is 2. The largest absolute Gasteiger partial charge is 0.302 e. The number of nitrogens with one attached hydrogen (secondary N) is 2. The number of anilines is 2. The SMILES string of the molecule is Cc1ccc(C[C@H](CC(=O)Nc2nccs2)C(=O)Nc2nccs2)cc1. The zero-order valence-electron chi connectivity index (χ0n) is 14.1. The first kappa shape index (κ1) is 18.2. The standard InChI is InChI=1S/C18H18N4O2S2/c1-12-2-4-13(5-3-12)10-14(16(24)22-18-20-7-9-26-18)11-15(23)21-17-19-6-8-25-17/h2-9,14H,10-11H2,1H3,(H,19,21,23)(H,20,22,24)/t14-/m1/s1. The Hall–Kier alpha value is -2.58. The first-order valence-corrected chi connectivity index (χ1v) is 9.81. The summed E-state index contributed by atoms with van der Waals surface area (Å²) in [5.41, 5.74) is 2.16. The van der Waals surface area contributed by atoms with E-state index in [4.69, 9.17) is 0 Å². The summed E-state index contributed by atoms with van der Waals surface area (Å²) in [6, 6.07) is 7.97.